The van der Waals surface area contributed by atoms with E-state index in [0.29, 0.717) is 12.8 Å². The average Bonchev–Trinajstić information content (AvgIpc) is 2.33. The Kier molecular flexibility index (Phi) is 5.48. The summed E-state index contributed by atoms with van der Waals surface area (Å²) in [5, 5.41) is 6.24. The first-order chi connectivity index (χ1) is 10.5. The van der Waals surface area contributed by atoms with E-state index in [4.69, 9.17) is 4.74 Å². The minimum atomic E-state index is -4.05. The second-order valence-electron chi connectivity index (χ2n) is 7.77. The van der Waals surface area contributed by atoms with Crippen molar-refractivity contribution in [2.45, 2.75) is 89.2 Å². The number of hydrogen-bond donors (Lipinski definition) is 2. The maximum absolute atomic E-state index is 12.6. The fourth-order valence-corrected chi connectivity index (χ4v) is 3.27. The van der Waals surface area contributed by atoms with Crippen LogP contribution in [0, 0.1) is 5.92 Å². The molecule has 0 bridgehead atoms. The van der Waals surface area contributed by atoms with Gasteiger partial charge in [-0.3, -0.25) is 0 Å². The third-order valence-corrected chi connectivity index (χ3v) is 4.52. The molecule has 0 heterocycles. The van der Waals surface area contributed by atoms with Crippen LogP contribution in [0.4, 0.5) is 18.0 Å². The van der Waals surface area contributed by atoms with Crippen molar-refractivity contribution in [1.29, 1.82) is 0 Å². The largest absolute Gasteiger partial charge is 0.444 e. The third kappa shape index (κ3) is 5.86. The van der Waals surface area contributed by atoms with E-state index in [1.165, 1.54) is 0 Å². The predicted octanol–water partition coefficient (Wildman–Crippen LogP) is 3.75. The summed E-state index contributed by atoms with van der Waals surface area (Å²) in [6.45, 7) is 5.44. The van der Waals surface area contributed by atoms with E-state index >= 15 is 0 Å². The molecule has 1 amide bonds. The molecule has 0 unspecified atom stereocenters. The lowest BCUT2D eigenvalue weighted by molar-refractivity contribution is -0.182. The monoisotopic (exact) mass is 336 g/mol. The summed E-state index contributed by atoms with van der Waals surface area (Å²) in [4.78, 5) is 11.6. The molecular formula is C16H27F3N2O2. The van der Waals surface area contributed by atoms with E-state index in [1.807, 2.05) is 20.8 Å². The molecule has 2 saturated carbocycles. The molecule has 2 rings (SSSR count). The van der Waals surface area contributed by atoms with Crippen LogP contribution in [0.5, 0.6) is 0 Å². The Labute approximate surface area is 135 Å². The van der Waals surface area contributed by atoms with E-state index in [-0.39, 0.29) is 31.0 Å². The van der Waals surface area contributed by atoms with Crippen molar-refractivity contribution >= 4 is 6.09 Å². The molecule has 2 N–H and O–H groups in total. The second kappa shape index (κ2) is 6.87. The number of amides is 1. The Morgan fingerprint density at radius 3 is 2.00 bits per heavy atom. The van der Waals surface area contributed by atoms with Crippen molar-refractivity contribution in [3.05, 3.63) is 0 Å². The Hall–Kier alpha value is -0.980. The van der Waals surface area contributed by atoms with Crippen molar-refractivity contribution < 1.29 is 22.7 Å². The molecule has 0 radical (unpaired) electrons. The standard InChI is InChI=1S/C16H27F3N2O2/c1-15(2,3)23-14(22)21-13-8-12(9-13)20-11-6-4-10(5-7-11)16(17,18)19/h10-13,20H,4-9H2,1-3H3,(H,21,22). The minimum absolute atomic E-state index is 0.0915. The lowest BCUT2D eigenvalue weighted by atomic mass is 9.82. The maximum Gasteiger partial charge on any atom is 0.407 e. The van der Waals surface area contributed by atoms with E-state index in [9.17, 15) is 18.0 Å². The van der Waals surface area contributed by atoms with Crippen molar-refractivity contribution in [3.8, 4) is 0 Å². The molecule has 2 fully saturated rings. The fraction of sp³-hybridized carbons (Fsp3) is 0.938. The van der Waals surface area contributed by atoms with Gasteiger partial charge in [-0.25, -0.2) is 4.79 Å². The normalized spacial score (nSPS) is 32.1. The van der Waals surface area contributed by atoms with Gasteiger partial charge in [0.05, 0.1) is 5.92 Å². The molecule has 0 aromatic rings. The van der Waals surface area contributed by atoms with Crippen LogP contribution in [0.25, 0.3) is 0 Å². The SMILES string of the molecule is CC(C)(C)OC(=O)NC1CC(NC2CCC(C(F)(F)F)CC2)C1. The first-order valence-corrected chi connectivity index (χ1v) is 8.35. The molecule has 7 heteroatoms. The van der Waals surface area contributed by atoms with Crippen LogP contribution < -0.4 is 10.6 Å². The van der Waals surface area contributed by atoms with E-state index in [2.05, 4.69) is 10.6 Å². The molecule has 23 heavy (non-hydrogen) atoms. The highest BCUT2D eigenvalue weighted by Crippen LogP contribution is 2.38. The Morgan fingerprint density at radius 1 is 0.957 bits per heavy atom. The molecule has 0 aliphatic heterocycles. The molecule has 2 aliphatic rings. The molecule has 0 aromatic heterocycles. The van der Waals surface area contributed by atoms with Crippen LogP contribution >= 0.6 is 0 Å². The third-order valence-electron chi connectivity index (χ3n) is 4.52. The number of carbonyl (C=O) groups is 1. The average molecular weight is 336 g/mol. The Balaban J connectivity index is 1.61. The fourth-order valence-electron chi connectivity index (χ4n) is 3.27. The van der Waals surface area contributed by atoms with Crippen molar-refractivity contribution in [3.63, 3.8) is 0 Å². The van der Waals surface area contributed by atoms with Crippen molar-refractivity contribution in [2.75, 3.05) is 0 Å². The summed E-state index contributed by atoms with van der Waals surface area (Å²) < 4.78 is 43.1. The highest BCUT2D eigenvalue weighted by Gasteiger charge is 2.42. The Bertz CT molecular complexity index is 407. The minimum Gasteiger partial charge on any atom is -0.444 e. The van der Waals surface area contributed by atoms with E-state index in [1.54, 1.807) is 0 Å². The van der Waals surface area contributed by atoms with Gasteiger partial charge >= 0.3 is 12.3 Å². The quantitative estimate of drug-likeness (QED) is 0.825. The van der Waals surface area contributed by atoms with Crippen molar-refractivity contribution in [2.24, 2.45) is 5.92 Å². The molecular weight excluding hydrogens is 309 g/mol. The molecule has 0 aromatic carbocycles. The van der Waals surface area contributed by atoms with Gasteiger partial charge in [0.25, 0.3) is 0 Å². The number of hydrogen-bond acceptors (Lipinski definition) is 3. The summed E-state index contributed by atoms with van der Waals surface area (Å²) in [7, 11) is 0. The van der Waals surface area contributed by atoms with Crippen LogP contribution in [0.3, 0.4) is 0 Å². The van der Waals surface area contributed by atoms with E-state index < -0.39 is 23.8 Å². The van der Waals surface area contributed by atoms with Gasteiger partial charge in [0.15, 0.2) is 0 Å². The van der Waals surface area contributed by atoms with Gasteiger partial charge in [-0.05, 0) is 59.3 Å². The molecule has 0 atom stereocenters. The topological polar surface area (TPSA) is 50.4 Å². The van der Waals surface area contributed by atoms with Crippen LogP contribution in [0.1, 0.15) is 59.3 Å². The van der Waals surface area contributed by atoms with Crippen LogP contribution in [-0.4, -0.2) is 36.0 Å². The van der Waals surface area contributed by atoms with Gasteiger partial charge in [0.1, 0.15) is 5.60 Å². The highest BCUT2D eigenvalue weighted by atomic mass is 19.4. The van der Waals surface area contributed by atoms with Gasteiger partial charge < -0.3 is 15.4 Å². The Morgan fingerprint density at radius 2 is 1.52 bits per heavy atom. The summed E-state index contributed by atoms with van der Waals surface area (Å²) in [5.74, 6) is -1.14. The van der Waals surface area contributed by atoms with Crippen molar-refractivity contribution in [1.82, 2.24) is 10.6 Å². The summed E-state index contributed by atoms with van der Waals surface area (Å²) in [6.07, 6.45) is -1.27. The van der Waals surface area contributed by atoms with Gasteiger partial charge in [-0.15, -0.1) is 0 Å². The smallest absolute Gasteiger partial charge is 0.407 e. The summed E-state index contributed by atoms with van der Waals surface area (Å²) >= 11 is 0. The predicted molar refractivity (Wildman–Crippen MR) is 81.1 cm³/mol. The lowest BCUT2D eigenvalue weighted by Crippen LogP contribution is -2.55. The number of rotatable bonds is 3. The molecule has 0 saturated heterocycles. The van der Waals surface area contributed by atoms with Gasteiger partial charge in [-0.2, -0.15) is 13.2 Å². The first-order valence-electron chi connectivity index (χ1n) is 8.35. The van der Waals surface area contributed by atoms with Crippen LogP contribution in [0.15, 0.2) is 0 Å². The molecule has 0 spiro atoms. The molecule has 2 aliphatic carbocycles. The van der Waals surface area contributed by atoms with Crippen LogP contribution in [0.2, 0.25) is 0 Å². The molecule has 134 valence electrons. The summed E-state index contributed by atoms with van der Waals surface area (Å²) in [6, 6.07) is 0.539. The van der Waals surface area contributed by atoms with E-state index in [0.717, 1.165) is 12.8 Å². The zero-order chi connectivity index (χ0) is 17.3. The van der Waals surface area contributed by atoms with Gasteiger partial charge in [-0.1, -0.05) is 0 Å². The number of ether oxygens (including phenoxy) is 1. The summed E-state index contributed by atoms with van der Waals surface area (Å²) in [5.41, 5.74) is -0.511. The van der Waals surface area contributed by atoms with Gasteiger partial charge in [0, 0.05) is 18.1 Å². The molecule has 4 nitrogen and oxygen atoms in total. The second-order valence-corrected chi connectivity index (χ2v) is 7.77. The highest BCUT2D eigenvalue weighted by molar-refractivity contribution is 5.68. The first kappa shape index (κ1) is 18.4. The lowest BCUT2D eigenvalue weighted by Gasteiger charge is -2.40. The number of nitrogens with one attached hydrogen (secondary N) is 2. The number of halogens is 3. The maximum atomic E-state index is 12.6. The zero-order valence-electron chi connectivity index (χ0n) is 14.0. The van der Waals surface area contributed by atoms with Crippen LogP contribution in [-0.2, 0) is 4.74 Å². The zero-order valence-corrected chi connectivity index (χ0v) is 14.0. The number of alkyl halides is 3. The van der Waals surface area contributed by atoms with Gasteiger partial charge in [0.2, 0.25) is 0 Å². The number of alkyl carbamates (subject to hydrolysis) is 1. The number of carbonyl (C=O) groups excluding carboxylic acids is 1.